The number of phenols is 5. The number of hydrogen-bond donors (Lipinski definition) is 5. The summed E-state index contributed by atoms with van der Waals surface area (Å²) in [5.41, 5.74) is 5.75. The molecule has 0 saturated carbocycles. The highest BCUT2D eigenvalue weighted by Gasteiger charge is 2.37. The smallest absolute Gasteiger partial charge is 0.208 e. The molecule has 204 valence electrons. The minimum absolute atomic E-state index is 0.0803. The van der Waals surface area contributed by atoms with Gasteiger partial charge in [0.05, 0.1) is 5.56 Å². The van der Waals surface area contributed by atoms with Crippen molar-refractivity contribution in [1.82, 2.24) is 0 Å². The van der Waals surface area contributed by atoms with Crippen molar-refractivity contribution < 1.29 is 25.5 Å². The number of allylic oxidation sites excluding steroid dienone is 8. The van der Waals surface area contributed by atoms with Crippen LogP contribution in [0.3, 0.4) is 0 Å². The molecule has 0 radical (unpaired) electrons. The van der Waals surface area contributed by atoms with E-state index in [9.17, 15) is 25.5 Å². The lowest BCUT2D eigenvalue weighted by atomic mass is 9.68. The molecule has 2 atom stereocenters. The van der Waals surface area contributed by atoms with Gasteiger partial charge in [-0.1, -0.05) is 91.1 Å². The van der Waals surface area contributed by atoms with Crippen molar-refractivity contribution in [2.75, 3.05) is 0 Å². The van der Waals surface area contributed by atoms with Crippen LogP contribution in [-0.4, -0.2) is 25.5 Å². The summed E-state index contributed by atoms with van der Waals surface area (Å²) in [7, 11) is 0. The van der Waals surface area contributed by atoms with Crippen LogP contribution in [0, 0.1) is 11.8 Å². The standard InChI is InChI=1S/C36H30O5/c37-32-31(33(38)35(40)36(41)34(32)39)30-27-13-5-3-11-25(27)29(26-12-4-6-14-28(26)30)22-18-16-21(17-19-22)24-15-7-9-20-8-1-2-10-23(20)24/h1-6,8-14,16,18,25,27,37-41H,7,15,17,19H2. The summed E-state index contributed by atoms with van der Waals surface area (Å²) in [4.78, 5) is 0. The summed E-state index contributed by atoms with van der Waals surface area (Å²) in [5, 5.41) is 57.0. The third-order valence-electron chi connectivity index (χ3n) is 8.88. The quantitative estimate of drug-likeness (QED) is 0.254. The summed E-state index contributed by atoms with van der Waals surface area (Å²) in [6, 6.07) is 16.5. The van der Waals surface area contributed by atoms with Gasteiger partial charge in [-0.05, 0) is 74.4 Å². The fraction of sp³-hybridized carbons (Fsp3) is 0.167. The summed E-state index contributed by atoms with van der Waals surface area (Å²) in [5.74, 6) is -4.41. The Morgan fingerprint density at radius 2 is 1.07 bits per heavy atom. The van der Waals surface area contributed by atoms with Crippen LogP contribution in [0.1, 0.15) is 31.2 Å². The maximum atomic E-state index is 10.9. The monoisotopic (exact) mass is 542 g/mol. The minimum atomic E-state index is -0.956. The Kier molecular flexibility index (Phi) is 5.89. The number of hydrogen-bond acceptors (Lipinski definition) is 5. The van der Waals surface area contributed by atoms with Crippen LogP contribution in [0.5, 0.6) is 28.7 Å². The lowest BCUT2D eigenvalue weighted by Crippen LogP contribution is -2.40. The van der Waals surface area contributed by atoms with Crippen LogP contribution >= 0.6 is 0 Å². The van der Waals surface area contributed by atoms with Crippen LogP contribution in [-0.2, 0) is 0 Å². The van der Waals surface area contributed by atoms with Gasteiger partial charge < -0.3 is 25.5 Å². The van der Waals surface area contributed by atoms with Crippen LogP contribution in [0.15, 0.2) is 96.1 Å². The molecule has 0 bridgehead atoms. The van der Waals surface area contributed by atoms with Gasteiger partial charge in [-0.25, -0.2) is 0 Å². The van der Waals surface area contributed by atoms with Crippen LogP contribution < -0.4 is 20.9 Å². The number of benzene rings is 3. The van der Waals surface area contributed by atoms with E-state index >= 15 is 0 Å². The Hall–Kier alpha value is -4.90. The average molecular weight is 543 g/mol. The number of rotatable bonds is 3. The van der Waals surface area contributed by atoms with E-state index in [0.29, 0.717) is 5.57 Å². The Labute approximate surface area is 237 Å². The largest absolute Gasteiger partial charge is 0.504 e. The second kappa shape index (κ2) is 9.63. The molecule has 4 aliphatic carbocycles. The fourth-order valence-electron chi connectivity index (χ4n) is 7.00. The number of phenolic OH excluding ortho intramolecular Hbond substituents is 5. The molecule has 0 heterocycles. The van der Waals surface area contributed by atoms with Gasteiger partial charge in [0, 0.05) is 11.8 Å². The summed E-state index contributed by atoms with van der Waals surface area (Å²) < 4.78 is 0. The molecule has 5 nitrogen and oxygen atoms in total. The zero-order chi connectivity index (χ0) is 28.2. The van der Waals surface area contributed by atoms with E-state index in [1.54, 1.807) is 0 Å². The highest BCUT2D eigenvalue weighted by atomic mass is 16.4. The first kappa shape index (κ1) is 25.1. The zero-order valence-electron chi connectivity index (χ0n) is 22.4. The van der Waals surface area contributed by atoms with E-state index in [1.165, 1.54) is 32.7 Å². The molecule has 41 heavy (non-hydrogen) atoms. The molecule has 0 amide bonds. The molecule has 0 aliphatic heterocycles. The van der Waals surface area contributed by atoms with Crippen LogP contribution in [0.25, 0.3) is 22.8 Å². The molecule has 3 aromatic rings. The van der Waals surface area contributed by atoms with Gasteiger partial charge in [-0.3, -0.25) is 0 Å². The van der Waals surface area contributed by atoms with E-state index in [2.05, 4.69) is 48.6 Å². The zero-order valence-corrected chi connectivity index (χ0v) is 22.4. The maximum absolute atomic E-state index is 10.9. The second-order valence-corrected chi connectivity index (χ2v) is 11.0. The number of fused-ring (bicyclic) bond motifs is 3. The Morgan fingerprint density at radius 1 is 0.537 bits per heavy atom. The third kappa shape index (κ3) is 3.84. The van der Waals surface area contributed by atoms with Crippen molar-refractivity contribution in [1.29, 1.82) is 0 Å². The van der Waals surface area contributed by atoms with Gasteiger partial charge in [0.2, 0.25) is 17.2 Å². The number of aromatic hydroxyl groups is 5. The van der Waals surface area contributed by atoms with Gasteiger partial charge in [0.25, 0.3) is 0 Å². The molecule has 5 heteroatoms. The maximum Gasteiger partial charge on any atom is 0.208 e. The molecular formula is C36H30O5. The van der Waals surface area contributed by atoms with Crippen molar-refractivity contribution >= 4 is 22.8 Å². The second-order valence-electron chi connectivity index (χ2n) is 11.0. The molecule has 7 rings (SSSR count). The van der Waals surface area contributed by atoms with E-state index < -0.39 is 28.7 Å². The third-order valence-corrected chi connectivity index (χ3v) is 8.88. The summed E-state index contributed by atoms with van der Waals surface area (Å²) >= 11 is 0. The highest BCUT2D eigenvalue weighted by Crippen LogP contribution is 2.55. The van der Waals surface area contributed by atoms with Crippen LogP contribution in [0.4, 0.5) is 0 Å². The Morgan fingerprint density at radius 3 is 1.73 bits per heavy atom. The normalized spacial score (nSPS) is 20.9. The van der Waals surface area contributed by atoms with Crippen molar-refractivity contribution in [3.63, 3.8) is 0 Å². The predicted octanol–water partition coefficient (Wildman–Crippen LogP) is 4.01. The Bertz CT molecular complexity index is 1980. The molecule has 0 spiro atoms. The fourth-order valence-corrected chi connectivity index (χ4v) is 7.00. The first-order valence-electron chi connectivity index (χ1n) is 14.0. The summed E-state index contributed by atoms with van der Waals surface area (Å²) in [6.07, 6.45) is 18.9. The van der Waals surface area contributed by atoms with Crippen molar-refractivity contribution in [2.24, 2.45) is 11.8 Å². The molecule has 0 fully saturated rings. The molecule has 3 aromatic carbocycles. The van der Waals surface area contributed by atoms with Gasteiger partial charge in [0.15, 0.2) is 11.5 Å². The topological polar surface area (TPSA) is 101 Å². The molecule has 2 unspecified atom stereocenters. The van der Waals surface area contributed by atoms with Crippen LogP contribution in [0.2, 0.25) is 0 Å². The van der Waals surface area contributed by atoms with E-state index in [-0.39, 0.29) is 17.4 Å². The summed E-state index contributed by atoms with van der Waals surface area (Å²) in [6.45, 7) is 0. The van der Waals surface area contributed by atoms with E-state index in [0.717, 1.165) is 36.1 Å². The van der Waals surface area contributed by atoms with Crippen molar-refractivity contribution in [3.8, 4) is 28.7 Å². The molecular weight excluding hydrogens is 512 g/mol. The van der Waals surface area contributed by atoms with Crippen molar-refractivity contribution in [3.05, 3.63) is 123 Å². The SMILES string of the molecule is Oc1c(O)c(O)c(C2=c3ccccc3=C(C3=CC=C(C4=c5ccccc5=CCC4)CC3)C3C=CC=CC23)c(O)c1O. The lowest BCUT2D eigenvalue weighted by Gasteiger charge is -2.35. The Balaban J connectivity index is 1.48. The first-order chi connectivity index (χ1) is 20.0. The lowest BCUT2D eigenvalue weighted by molar-refractivity contribution is 0.327. The van der Waals surface area contributed by atoms with Gasteiger partial charge >= 0.3 is 0 Å². The van der Waals surface area contributed by atoms with Gasteiger partial charge in [-0.15, -0.1) is 0 Å². The molecule has 5 N–H and O–H groups in total. The molecule has 4 aliphatic rings. The van der Waals surface area contributed by atoms with E-state index in [1.807, 2.05) is 42.5 Å². The van der Waals surface area contributed by atoms with Gasteiger partial charge in [-0.2, -0.15) is 0 Å². The van der Waals surface area contributed by atoms with Gasteiger partial charge in [0.1, 0.15) is 0 Å². The van der Waals surface area contributed by atoms with E-state index in [4.69, 9.17) is 0 Å². The predicted molar refractivity (Wildman–Crippen MR) is 160 cm³/mol. The molecule has 0 aromatic heterocycles. The minimum Gasteiger partial charge on any atom is -0.504 e. The highest BCUT2D eigenvalue weighted by molar-refractivity contribution is 5.88. The first-order valence-corrected chi connectivity index (χ1v) is 14.0. The average Bonchev–Trinajstić information content (AvgIpc) is 3.02. The molecule has 0 saturated heterocycles. The van der Waals surface area contributed by atoms with Crippen molar-refractivity contribution in [2.45, 2.75) is 25.7 Å².